The smallest absolute Gasteiger partial charge is 0.306 e. The average molecular weight is 227 g/mol. The molecule has 0 saturated heterocycles. The van der Waals surface area contributed by atoms with Crippen molar-refractivity contribution in [3.8, 4) is 0 Å². The molecule has 0 aliphatic heterocycles. The van der Waals surface area contributed by atoms with Crippen molar-refractivity contribution in [3.05, 3.63) is 18.0 Å². The monoisotopic (exact) mass is 227 g/mol. The van der Waals surface area contributed by atoms with Gasteiger partial charge in [0, 0.05) is 32.8 Å². The third kappa shape index (κ3) is 4.90. The quantitative estimate of drug-likeness (QED) is 0.541. The Labute approximate surface area is 93.9 Å². The molecule has 0 bridgehead atoms. The van der Waals surface area contributed by atoms with Gasteiger partial charge in [0.15, 0.2) is 0 Å². The minimum Gasteiger partial charge on any atom is -0.481 e. The molecule has 6 nitrogen and oxygen atoms in total. The van der Waals surface area contributed by atoms with Gasteiger partial charge in [0.25, 0.3) is 0 Å². The standard InChI is InChI=1S/C10H17N3O3/c1-13-5-3-8(12-13)2-4-11-7-9(14)6-10(15)16/h3,5,9,11,14H,2,4,6-7H2,1H3,(H,15,16). The van der Waals surface area contributed by atoms with Crippen molar-refractivity contribution >= 4 is 5.97 Å². The van der Waals surface area contributed by atoms with Crippen LogP contribution in [0.2, 0.25) is 0 Å². The van der Waals surface area contributed by atoms with Crippen molar-refractivity contribution in [2.45, 2.75) is 18.9 Å². The number of rotatable bonds is 7. The van der Waals surface area contributed by atoms with Gasteiger partial charge < -0.3 is 15.5 Å². The minimum atomic E-state index is -0.987. The summed E-state index contributed by atoms with van der Waals surface area (Å²) in [5.41, 5.74) is 0.975. The molecule has 3 N–H and O–H groups in total. The summed E-state index contributed by atoms with van der Waals surface area (Å²) in [5.74, 6) is -0.987. The van der Waals surface area contributed by atoms with Crippen LogP contribution in [0.4, 0.5) is 0 Å². The number of carboxylic acid groups (broad SMARTS) is 1. The summed E-state index contributed by atoms with van der Waals surface area (Å²) < 4.78 is 1.73. The summed E-state index contributed by atoms with van der Waals surface area (Å²) in [6.45, 7) is 0.965. The van der Waals surface area contributed by atoms with Crippen LogP contribution in [0.3, 0.4) is 0 Å². The molecule has 1 heterocycles. The van der Waals surface area contributed by atoms with E-state index in [1.807, 2.05) is 19.3 Å². The molecule has 1 aromatic rings. The molecule has 0 amide bonds. The molecule has 0 aliphatic carbocycles. The van der Waals surface area contributed by atoms with Crippen LogP contribution in [-0.4, -0.2) is 45.2 Å². The molecular weight excluding hydrogens is 210 g/mol. The molecule has 1 atom stereocenters. The van der Waals surface area contributed by atoms with E-state index in [9.17, 15) is 9.90 Å². The molecular formula is C10H17N3O3. The predicted molar refractivity (Wildman–Crippen MR) is 58.0 cm³/mol. The van der Waals surface area contributed by atoms with Crippen LogP contribution in [0.5, 0.6) is 0 Å². The van der Waals surface area contributed by atoms with Gasteiger partial charge in [-0.05, 0) is 6.07 Å². The number of aromatic nitrogens is 2. The number of aryl methyl sites for hydroxylation is 1. The van der Waals surface area contributed by atoms with E-state index in [-0.39, 0.29) is 6.42 Å². The molecule has 0 spiro atoms. The maximum Gasteiger partial charge on any atom is 0.306 e. The fourth-order valence-electron chi connectivity index (χ4n) is 1.36. The SMILES string of the molecule is Cn1ccc(CCNCC(O)CC(=O)O)n1. The molecule has 16 heavy (non-hydrogen) atoms. The Morgan fingerprint density at radius 1 is 1.69 bits per heavy atom. The fraction of sp³-hybridized carbons (Fsp3) is 0.600. The van der Waals surface area contributed by atoms with Crippen molar-refractivity contribution in [3.63, 3.8) is 0 Å². The maximum atomic E-state index is 10.3. The van der Waals surface area contributed by atoms with Crippen LogP contribution in [-0.2, 0) is 18.3 Å². The molecule has 1 unspecified atom stereocenters. The van der Waals surface area contributed by atoms with Crippen LogP contribution >= 0.6 is 0 Å². The number of nitrogens with zero attached hydrogens (tertiary/aromatic N) is 2. The van der Waals surface area contributed by atoms with Gasteiger partial charge in [0.05, 0.1) is 18.2 Å². The van der Waals surface area contributed by atoms with Gasteiger partial charge in [-0.15, -0.1) is 0 Å². The average Bonchev–Trinajstić information content (AvgIpc) is 2.58. The normalized spacial score (nSPS) is 12.6. The Morgan fingerprint density at radius 3 is 3.00 bits per heavy atom. The van der Waals surface area contributed by atoms with Gasteiger partial charge >= 0.3 is 5.97 Å². The van der Waals surface area contributed by atoms with Crippen LogP contribution in [0.25, 0.3) is 0 Å². The molecule has 0 aliphatic rings. The lowest BCUT2D eigenvalue weighted by Gasteiger charge is -2.08. The number of carbonyl (C=O) groups is 1. The Hall–Kier alpha value is -1.40. The van der Waals surface area contributed by atoms with E-state index in [1.165, 1.54) is 0 Å². The van der Waals surface area contributed by atoms with Gasteiger partial charge in [0.2, 0.25) is 0 Å². The van der Waals surface area contributed by atoms with Crippen molar-refractivity contribution in [1.82, 2.24) is 15.1 Å². The first-order valence-electron chi connectivity index (χ1n) is 5.17. The molecule has 90 valence electrons. The predicted octanol–water partition coefficient (Wildman–Crippen LogP) is -0.612. The highest BCUT2D eigenvalue weighted by molar-refractivity contribution is 5.67. The van der Waals surface area contributed by atoms with Gasteiger partial charge in [-0.2, -0.15) is 5.10 Å². The van der Waals surface area contributed by atoms with Gasteiger partial charge in [-0.25, -0.2) is 0 Å². The summed E-state index contributed by atoms with van der Waals surface area (Å²) in [5, 5.41) is 24.9. The second-order valence-electron chi connectivity index (χ2n) is 3.69. The Kier molecular flexibility index (Phi) is 4.94. The lowest BCUT2D eigenvalue weighted by atomic mass is 10.2. The molecule has 1 rings (SSSR count). The maximum absolute atomic E-state index is 10.3. The molecule has 6 heteroatoms. The third-order valence-electron chi connectivity index (χ3n) is 2.12. The largest absolute Gasteiger partial charge is 0.481 e. The van der Waals surface area contributed by atoms with E-state index < -0.39 is 12.1 Å². The van der Waals surface area contributed by atoms with Crippen molar-refractivity contribution in [2.24, 2.45) is 7.05 Å². The second kappa shape index (κ2) is 6.24. The summed E-state index contributed by atoms with van der Waals surface area (Å²) in [6.07, 6.45) is 1.58. The lowest BCUT2D eigenvalue weighted by Crippen LogP contribution is -2.30. The zero-order valence-electron chi connectivity index (χ0n) is 9.26. The zero-order valence-corrected chi connectivity index (χ0v) is 9.26. The Bertz CT molecular complexity index is 338. The van der Waals surface area contributed by atoms with E-state index in [2.05, 4.69) is 10.4 Å². The van der Waals surface area contributed by atoms with Gasteiger partial charge in [-0.3, -0.25) is 9.48 Å². The number of nitrogens with one attached hydrogen (secondary N) is 1. The highest BCUT2D eigenvalue weighted by Crippen LogP contribution is 1.94. The summed E-state index contributed by atoms with van der Waals surface area (Å²) in [6, 6.07) is 1.93. The van der Waals surface area contributed by atoms with Crippen molar-refractivity contribution < 1.29 is 15.0 Å². The molecule has 0 saturated carbocycles. The van der Waals surface area contributed by atoms with Gasteiger partial charge in [0.1, 0.15) is 0 Å². The summed E-state index contributed by atoms with van der Waals surface area (Å²) in [4.78, 5) is 10.3. The zero-order chi connectivity index (χ0) is 12.0. The highest BCUT2D eigenvalue weighted by atomic mass is 16.4. The number of aliphatic hydroxyl groups is 1. The van der Waals surface area contributed by atoms with E-state index >= 15 is 0 Å². The first kappa shape index (κ1) is 12.7. The third-order valence-corrected chi connectivity index (χ3v) is 2.12. The Balaban J connectivity index is 2.10. The second-order valence-corrected chi connectivity index (χ2v) is 3.69. The number of hydrogen-bond acceptors (Lipinski definition) is 4. The number of aliphatic hydroxyl groups excluding tert-OH is 1. The number of aliphatic carboxylic acids is 1. The molecule has 0 radical (unpaired) electrons. The minimum absolute atomic E-state index is 0.226. The Morgan fingerprint density at radius 2 is 2.44 bits per heavy atom. The lowest BCUT2D eigenvalue weighted by molar-refractivity contribution is -0.139. The summed E-state index contributed by atoms with van der Waals surface area (Å²) in [7, 11) is 1.85. The number of carboxylic acids is 1. The fourth-order valence-corrected chi connectivity index (χ4v) is 1.36. The van der Waals surface area contributed by atoms with Crippen LogP contribution in [0.1, 0.15) is 12.1 Å². The highest BCUT2D eigenvalue weighted by Gasteiger charge is 2.08. The molecule has 1 aromatic heterocycles. The molecule has 0 fully saturated rings. The van der Waals surface area contributed by atoms with Crippen LogP contribution < -0.4 is 5.32 Å². The first-order chi connectivity index (χ1) is 7.58. The summed E-state index contributed by atoms with van der Waals surface area (Å²) >= 11 is 0. The van der Waals surface area contributed by atoms with Crippen molar-refractivity contribution in [2.75, 3.05) is 13.1 Å². The van der Waals surface area contributed by atoms with Crippen molar-refractivity contribution in [1.29, 1.82) is 0 Å². The van der Waals surface area contributed by atoms with E-state index in [1.54, 1.807) is 4.68 Å². The van der Waals surface area contributed by atoms with E-state index in [0.717, 1.165) is 12.1 Å². The van der Waals surface area contributed by atoms with E-state index in [0.29, 0.717) is 13.1 Å². The van der Waals surface area contributed by atoms with E-state index in [4.69, 9.17) is 5.11 Å². The van der Waals surface area contributed by atoms with Crippen LogP contribution in [0.15, 0.2) is 12.3 Å². The van der Waals surface area contributed by atoms with Gasteiger partial charge in [-0.1, -0.05) is 0 Å². The number of hydrogen-bond donors (Lipinski definition) is 3. The molecule has 0 aromatic carbocycles. The first-order valence-corrected chi connectivity index (χ1v) is 5.17. The topological polar surface area (TPSA) is 87.4 Å². The van der Waals surface area contributed by atoms with Crippen LogP contribution in [0, 0.1) is 0 Å².